The highest BCUT2D eigenvalue weighted by molar-refractivity contribution is 5.93. The van der Waals surface area contributed by atoms with Crippen LogP contribution >= 0.6 is 0 Å². The number of aromatic nitrogens is 3. The van der Waals surface area contributed by atoms with E-state index in [9.17, 15) is 4.79 Å². The highest BCUT2D eigenvalue weighted by Crippen LogP contribution is 2.66. The van der Waals surface area contributed by atoms with Crippen molar-refractivity contribution in [3.8, 4) is 0 Å². The average Bonchev–Trinajstić information content (AvgIpc) is 3.60. The summed E-state index contributed by atoms with van der Waals surface area (Å²) in [4.78, 5) is 12.1. The number of ether oxygens (including phenoxy) is 1. The van der Waals surface area contributed by atoms with Gasteiger partial charge in [0.15, 0.2) is 5.78 Å². The number of carbonyl (C=O) groups is 1. The maximum Gasteiger partial charge on any atom is 0.184 e. The van der Waals surface area contributed by atoms with E-state index in [0.717, 1.165) is 49.0 Å². The number of nitrogens with one attached hydrogen (secondary N) is 1. The van der Waals surface area contributed by atoms with E-state index in [1.165, 1.54) is 51.4 Å². The summed E-state index contributed by atoms with van der Waals surface area (Å²) in [6.07, 6.45) is 15.4. The minimum atomic E-state index is 0.0400. The van der Waals surface area contributed by atoms with Crippen LogP contribution in [0.3, 0.4) is 0 Å². The molecule has 0 bridgehead atoms. The molecule has 2 saturated heterocycles. The third-order valence-corrected chi connectivity index (χ3v) is 13.1. The Balaban J connectivity index is 1.09. The summed E-state index contributed by atoms with van der Waals surface area (Å²) in [6, 6.07) is 0.925. The average molecular weight is 535 g/mol. The van der Waals surface area contributed by atoms with Crippen LogP contribution < -0.4 is 5.32 Å². The van der Waals surface area contributed by atoms with Crippen LogP contribution in [0.1, 0.15) is 122 Å². The van der Waals surface area contributed by atoms with Crippen LogP contribution in [0.25, 0.3) is 0 Å². The highest BCUT2D eigenvalue weighted by atomic mass is 16.5. The Labute approximate surface area is 235 Å². The monoisotopic (exact) mass is 534 g/mol. The highest BCUT2D eigenvalue weighted by Gasteiger charge is 2.59. The first kappa shape index (κ1) is 26.4. The first-order valence-corrected chi connectivity index (χ1v) is 16.3. The van der Waals surface area contributed by atoms with Gasteiger partial charge in [-0.1, -0.05) is 44.1 Å². The van der Waals surface area contributed by atoms with E-state index in [1.807, 2.05) is 23.4 Å². The lowest BCUT2D eigenvalue weighted by Crippen LogP contribution is -2.48. The smallest absolute Gasteiger partial charge is 0.184 e. The number of hydrogen-bond acceptors (Lipinski definition) is 5. The lowest BCUT2D eigenvalue weighted by atomic mass is 9.52. The minimum absolute atomic E-state index is 0.0400. The fraction of sp³-hybridized carbons (Fsp3) is 0.848. The number of carbonyl (C=O) groups excluding carboxylic acids is 1. The fourth-order valence-electron chi connectivity index (χ4n) is 10.8. The molecule has 0 amide bonds. The molecule has 214 valence electrons. The van der Waals surface area contributed by atoms with Crippen molar-refractivity contribution in [3.63, 3.8) is 0 Å². The van der Waals surface area contributed by atoms with Crippen molar-refractivity contribution in [2.45, 2.75) is 129 Å². The van der Waals surface area contributed by atoms with Gasteiger partial charge in [-0.05, 0) is 113 Å². The third kappa shape index (κ3) is 4.05. The Hall–Kier alpha value is -1.53. The van der Waals surface area contributed by atoms with E-state index in [0.29, 0.717) is 41.6 Å². The van der Waals surface area contributed by atoms with Gasteiger partial charge in [0.1, 0.15) is 5.69 Å². The molecule has 1 aromatic heterocycles. The zero-order valence-corrected chi connectivity index (χ0v) is 24.9. The molecule has 3 heterocycles. The molecule has 6 aliphatic rings. The van der Waals surface area contributed by atoms with Crippen molar-refractivity contribution in [3.05, 3.63) is 23.0 Å². The SMILES string of the molecule is CCC(=O)c1cn(C2CC[C@@]3(C)[C@H](CC[C@H]4[C@@H]5CC[C@@]6(CC(C)=C5C[C@@H]43)O[C@@H]3C[C@H](C)CN[C@H]3[C@H]6C)C2)nn1. The van der Waals surface area contributed by atoms with Gasteiger partial charge in [0.2, 0.25) is 0 Å². The standard InChI is InChI=1S/C33H50N4O2/c1-6-29(38)28-18-37(36-35-28)23-9-11-32(5)22(14-23)7-8-25-24-10-12-33(16-20(3)26(24)15-27(25)32)21(4)31-30(39-33)13-19(2)17-34-31/h18-19,21-25,27,30-31,34H,6-17H2,1-5H3/t19-,21+,22+,23?,24-,25-,27-,30+,31-,32-,33-/m0/s1. The Morgan fingerprint density at radius 2 is 2.03 bits per heavy atom. The number of nitrogens with zero attached hydrogens (tertiary/aromatic N) is 3. The summed E-state index contributed by atoms with van der Waals surface area (Å²) < 4.78 is 9.10. The molecule has 0 aromatic carbocycles. The van der Waals surface area contributed by atoms with Crippen LogP contribution in [0.15, 0.2) is 17.3 Å². The van der Waals surface area contributed by atoms with E-state index in [1.54, 1.807) is 5.57 Å². The molecule has 6 nitrogen and oxygen atoms in total. The normalized spacial score (nSPS) is 47.4. The number of rotatable bonds is 3. The lowest BCUT2D eigenvalue weighted by molar-refractivity contribution is -0.0753. The zero-order chi connectivity index (χ0) is 27.1. The molecule has 4 aliphatic carbocycles. The molecule has 1 aromatic rings. The van der Waals surface area contributed by atoms with E-state index >= 15 is 0 Å². The summed E-state index contributed by atoms with van der Waals surface area (Å²) in [5, 5.41) is 12.5. The third-order valence-electron chi connectivity index (χ3n) is 13.1. The predicted octanol–water partition coefficient (Wildman–Crippen LogP) is 6.54. The number of Topliss-reactive ketones (excluding diaryl/α,β-unsaturated/α-hetero) is 1. The largest absolute Gasteiger partial charge is 0.369 e. The molecule has 3 saturated carbocycles. The van der Waals surface area contributed by atoms with E-state index < -0.39 is 0 Å². The molecule has 2 aliphatic heterocycles. The molecule has 1 N–H and O–H groups in total. The van der Waals surface area contributed by atoms with Gasteiger partial charge in [0, 0.05) is 18.4 Å². The van der Waals surface area contributed by atoms with Crippen LogP contribution in [0, 0.1) is 40.9 Å². The maximum absolute atomic E-state index is 12.1. The molecular formula is C33H50N4O2. The van der Waals surface area contributed by atoms with Gasteiger partial charge in [-0.15, -0.1) is 5.10 Å². The zero-order valence-electron chi connectivity index (χ0n) is 24.9. The Morgan fingerprint density at radius 3 is 2.85 bits per heavy atom. The number of hydrogen-bond donors (Lipinski definition) is 1. The molecule has 7 rings (SSSR count). The summed E-state index contributed by atoms with van der Waals surface area (Å²) in [5.74, 6) is 4.59. The van der Waals surface area contributed by atoms with Crippen molar-refractivity contribution in [1.82, 2.24) is 20.3 Å². The molecule has 5 fully saturated rings. The van der Waals surface area contributed by atoms with Crippen molar-refractivity contribution >= 4 is 5.78 Å². The van der Waals surface area contributed by atoms with Crippen molar-refractivity contribution < 1.29 is 9.53 Å². The van der Waals surface area contributed by atoms with Crippen molar-refractivity contribution in [2.24, 2.45) is 40.9 Å². The second-order valence-corrected chi connectivity index (χ2v) is 15.0. The lowest BCUT2D eigenvalue weighted by Gasteiger charge is -2.54. The molecular weight excluding hydrogens is 484 g/mol. The Morgan fingerprint density at radius 1 is 1.18 bits per heavy atom. The summed E-state index contributed by atoms with van der Waals surface area (Å²) >= 11 is 0. The molecule has 0 radical (unpaired) electrons. The predicted molar refractivity (Wildman–Crippen MR) is 152 cm³/mol. The Bertz CT molecular complexity index is 1160. The van der Waals surface area contributed by atoms with Crippen LogP contribution in [0.4, 0.5) is 0 Å². The summed E-state index contributed by atoms with van der Waals surface area (Å²) in [7, 11) is 0. The van der Waals surface area contributed by atoms with Gasteiger partial charge in [-0.3, -0.25) is 4.79 Å². The van der Waals surface area contributed by atoms with Crippen LogP contribution in [-0.2, 0) is 4.74 Å². The molecule has 11 atom stereocenters. The van der Waals surface area contributed by atoms with Gasteiger partial charge in [-0.2, -0.15) is 0 Å². The minimum Gasteiger partial charge on any atom is -0.369 e. The first-order chi connectivity index (χ1) is 18.7. The topological polar surface area (TPSA) is 69.0 Å². The van der Waals surface area contributed by atoms with Gasteiger partial charge in [0.25, 0.3) is 0 Å². The van der Waals surface area contributed by atoms with Crippen LogP contribution in [0.2, 0.25) is 0 Å². The maximum atomic E-state index is 12.1. The number of ketones is 1. The molecule has 39 heavy (non-hydrogen) atoms. The van der Waals surface area contributed by atoms with E-state index in [4.69, 9.17) is 4.74 Å². The first-order valence-electron chi connectivity index (χ1n) is 16.3. The molecule has 1 spiro atoms. The summed E-state index contributed by atoms with van der Waals surface area (Å²) in [5.41, 5.74) is 4.51. The van der Waals surface area contributed by atoms with Gasteiger partial charge in [0.05, 0.1) is 23.9 Å². The second-order valence-electron chi connectivity index (χ2n) is 15.0. The Kier molecular flexibility index (Phi) is 6.43. The van der Waals surface area contributed by atoms with Gasteiger partial charge in [-0.25, -0.2) is 4.68 Å². The number of allylic oxidation sites excluding steroid dienone is 1. The van der Waals surface area contributed by atoms with Crippen LogP contribution in [0.5, 0.6) is 0 Å². The fourth-order valence-corrected chi connectivity index (χ4v) is 10.8. The summed E-state index contributed by atoms with van der Waals surface area (Å²) in [6.45, 7) is 13.0. The van der Waals surface area contributed by atoms with Crippen molar-refractivity contribution in [1.29, 1.82) is 0 Å². The van der Waals surface area contributed by atoms with Crippen LogP contribution in [-0.4, -0.2) is 45.1 Å². The number of piperidine rings is 1. The number of fused-ring (bicyclic) bond motifs is 6. The van der Waals surface area contributed by atoms with Gasteiger partial charge < -0.3 is 10.1 Å². The van der Waals surface area contributed by atoms with Crippen molar-refractivity contribution in [2.75, 3.05) is 6.54 Å². The second kappa shape index (κ2) is 9.51. The van der Waals surface area contributed by atoms with Gasteiger partial charge >= 0.3 is 0 Å². The van der Waals surface area contributed by atoms with E-state index in [2.05, 4.69) is 43.3 Å². The quantitative estimate of drug-likeness (QED) is 0.352. The molecule has 6 heteroatoms. The van der Waals surface area contributed by atoms with E-state index in [-0.39, 0.29) is 11.4 Å². The molecule has 1 unspecified atom stereocenters.